The van der Waals surface area contributed by atoms with E-state index >= 15 is 0 Å². The minimum absolute atomic E-state index is 0.0798. The summed E-state index contributed by atoms with van der Waals surface area (Å²) in [5.74, 6) is 0.557. The highest BCUT2D eigenvalue weighted by atomic mass is 32.2. The van der Waals surface area contributed by atoms with E-state index in [0.29, 0.717) is 5.82 Å². The zero-order valence-corrected chi connectivity index (χ0v) is 14.9. The van der Waals surface area contributed by atoms with Crippen LogP contribution in [0.4, 0.5) is 5.69 Å². The summed E-state index contributed by atoms with van der Waals surface area (Å²) in [6, 6.07) is 15.4. The summed E-state index contributed by atoms with van der Waals surface area (Å²) in [5, 5.41) is 3.64. The second-order valence-corrected chi connectivity index (χ2v) is 6.49. The largest absolute Gasteiger partial charge is 0.326 e. The van der Waals surface area contributed by atoms with Crippen LogP contribution in [0.3, 0.4) is 0 Å². The molecule has 0 atom stereocenters. The lowest BCUT2D eigenvalue weighted by Gasteiger charge is -2.07. The molecule has 0 aliphatic rings. The highest BCUT2D eigenvalue weighted by Crippen LogP contribution is 2.29. The molecular formula is C19H18N4OS. The highest BCUT2D eigenvalue weighted by molar-refractivity contribution is 7.99. The first kappa shape index (κ1) is 17.1. The van der Waals surface area contributed by atoms with E-state index in [0.717, 1.165) is 33.4 Å². The molecular weight excluding hydrogens is 332 g/mol. The molecule has 0 aliphatic carbocycles. The first-order chi connectivity index (χ1) is 12.1. The zero-order valence-electron chi connectivity index (χ0n) is 14.1. The Hall–Kier alpha value is -2.73. The van der Waals surface area contributed by atoms with Crippen molar-refractivity contribution in [3.63, 3.8) is 0 Å². The number of carbonyl (C=O) groups excluding carboxylic acids is 1. The Morgan fingerprint density at radius 2 is 1.92 bits per heavy atom. The summed E-state index contributed by atoms with van der Waals surface area (Å²) in [5.41, 5.74) is 2.52. The molecule has 0 saturated heterocycles. The van der Waals surface area contributed by atoms with Gasteiger partial charge in [0.1, 0.15) is 10.7 Å². The SMILES string of the molecule is CCc1cc(Sc2ccc(NC(C)=O)cc2)nc(-c2ccccn2)n1. The van der Waals surface area contributed by atoms with Crippen LogP contribution < -0.4 is 5.32 Å². The fraction of sp³-hybridized carbons (Fsp3) is 0.158. The number of hydrogen-bond acceptors (Lipinski definition) is 5. The molecule has 1 amide bonds. The molecule has 2 heterocycles. The maximum atomic E-state index is 11.1. The van der Waals surface area contributed by atoms with Crippen LogP contribution in [0.25, 0.3) is 11.5 Å². The number of rotatable bonds is 5. The monoisotopic (exact) mass is 350 g/mol. The number of benzene rings is 1. The third-order valence-corrected chi connectivity index (χ3v) is 4.34. The molecule has 0 fully saturated rings. The van der Waals surface area contributed by atoms with Crippen molar-refractivity contribution in [3.8, 4) is 11.5 Å². The van der Waals surface area contributed by atoms with E-state index in [1.807, 2.05) is 48.5 Å². The van der Waals surface area contributed by atoms with Gasteiger partial charge in [-0.05, 0) is 48.9 Å². The van der Waals surface area contributed by atoms with Crippen molar-refractivity contribution in [1.29, 1.82) is 0 Å². The summed E-state index contributed by atoms with van der Waals surface area (Å²) in [7, 11) is 0. The number of anilines is 1. The summed E-state index contributed by atoms with van der Waals surface area (Å²) >= 11 is 1.56. The molecule has 25 heavy (non-hydrogen) atoms. The molecule has 3 aromatic rings. The van der Waals surface area contributed by atoms with Crippen molar-refractivity contribution in [1.82, 2.24) is 15.0 Å². The van der Waals surface area contributed by atoms with Gasteiger partial charge in [0.15, 0.2) is 5.82 Å². The Kier molecular flexibility index (Phi) is 5.40. The summed E-state index contributed by atoms with van der Waals surface area (Å²) in [6.07, 6.45) is 2.57. The summed E-state index contributed by atoms with van der Waals surface area (Å²) in [6.45, 7) is 3.57. The van der Waals surface area contributed by atoms with Crippen molar-refractivity contribution in [2.45, 2.75) is 30.2 Å². The van der Waals surface area contributed by atoms with Gasteiger partial charge in [-0.1, -0.05) is 24.8 Å². The predicted molar refractivity (Wildman–Crippen MR) is 99.5 cm³/mol. The molecule has 0 spiro atoms. The number of carbonyl (C=O) groups is 1. The van der Waals surface area contributed by atoms with Crippen LogP contribution in [0.2, 0.25) is 0 Å². The van der Waals surface area contributed by atoms with Crippen LogP contribution in [0.15, 0.2) is 64.6 Å². The van der Waals surface area contributed by atoms with E-state index in [-0.39, 0.29) is 5.91 Å². The van der Waals surface area contributed by atoms with Gasteiger partial charge in [-0.2, -0.15) is 0 Å². The molecule has 3 rings (SSSR count). The van der Waals surface area contributed by atoms with Crippen molar-refractivity contribution in [2.24, 2.45) is 0 Å². The average Bonchev–Trinajstić information content (AvgIpc) is 2.63. The Bertz CT molecular complexity index is 866. The first-order valence-corrected chi connectivity index (χ1v) is 8.80. The van der Waals surface area contributed by atoms with E-state index in [4.69, 9.17) is 0 Å². The standard InChI is InChI=1S/C19H18N4OS/c1-3-14-12-18(23-19(22-14)17-6-4-5-11-20-17)25-16-9-7-15(8-10-16)21-13(2)24/h4-12H,3H2,1-2H3,(H,21,24). The lowest BCUT2D eigenvalue weighted by molar-refractivity contribution is -0.114. The fourth-order valence-electron chi connectivity index (χ4n) is 2.25. The van der Waals surface area contributed by atoms with Crippen LogP contribution >= 0.6 is 11.8 Å². The van der Waals surface area contributed by atoms with Crippen LogP contribution in [-0.2, 0) is 11.2 Å². The van der Waals surface area contributed by atoms with Crippen molar-refractivity contribution in [2.75, 3.05) is 5.32 Å². The second kappa shape index (κ2) is 7.90. The lowest BCUT2D eigenvalue weighted by atomic mass is 10.3. The van der Waals surface area contributed by atoms with Gasteiger partial charge in [-0.25, -0.2) is 9.97 Å². The van der Waals surface area contributed by atoms with Gasteiger partial charge in [-0.3, -0.25) is 9.78 Å². The maximum Gasteiger partial charge on any atom is 0.221 e. The van der Waals surface area contributed by atoms with Gasteiger partial charge in [-0.15, -0.1) is 0 Å². The molecule has 0 saturated carbocycles. The number of aryl methyl sites for hydroxylation is 1. The number of pyridine rings is 1. The smallest absolute Gasteiger partial charge is 0.221 e. The number of nitrogens with zero attached hydrogens (tertiary/aromatic N) is 3. The quantitative estimate of drug-likeness (QED) is 0.698. The lowest BCUT2D eigenvalue weighted by Crippen LogP contribution is -2.05. The van der Waals surface area contributed by atoms with Crippen molar-refractivity contribution in [3.05, 3.63) is 60.4 Å². The highest BCUT2D eigenvalue weighted by Gasteiger charge is 2.08. The van der Waals surface area contributed by atoms with Gasteiger partial charge in [0.25, 0.3) is 0 Å². The molecule has 1 N–H and O–H groups in total. The molecule has 0 unspecified atom stereocenters. The summed E-state index contributed by atoms with van der Waals surface area (Å²) in [4.78, 5) is 25.7. The van der Waals surface area contributed by atoms with Crippen molar-refractivity contribution >= 4 is 23.4 Å². The zero-order chi connectivity index (χ0) is 17.6. The van der Waals surface area contributed by atoms with Crippen molar-refractivity contribution < 1.29 is 4.79 Å². The van der Waals surface area contributed by atoms with Crippen LogP contribution in [-0.4, -0.2) is 20.9 Å². The van der Waals surface area contributed by atoms with Gasteiger partial charge >= 0.3 is 0 Å². The second-order valence-electron chi connectivity index (χ2n) is 5.40. The first-order valence-electron chi connectivity index (χ1n) is 7.99. The van der Waals surface area contributed by atoms with Gasteiger partial charge in [0.05, 0.1) is 0 Å². The minimum atomic E-state index is -0.0798. The van der Waals surface area contributed by atoms with Gasteiger partial charge in [0.2, 0.25) is 5.91 Å². The number of hydrogen-bond donors (Lipinski definition) is 1. The van der Waals surface area contributed by atoms with E-state index in [1.165, 1.54) is 6.92 Å². The number of amides is 1. The van der Waals surface area contributed by atoms with E-state index < -0.39 is 0 Å². The number of aromatic nitrogens is 3. The Balaban J connectivity index is 1.85. The summed E-state index contributed by atoms with van der Waals surface area (Å²) < 4.78 is 0. The molecule has 0 aliphatic heterocycles. The Morgan fingerprint density at radius 3 is 2.56 bits per heavy atom. The molecule has 2 aromatic heterocycles. The van der Waals surface area contributed by atoms with E-state index in [2.05, 4.69) is 27.2 Å². The Morgan fingerprint density at radius 1 is 1.12 bits per heavy atom. The minimum Gasteiger partial charge on any atom is -0.326 e. The van der Waals surface area contributed by atoms with Gasteiger partial charge in [0, 0.05) is 29.4 Å². The molecule has 1 aromatic carbocycles. The third-order valence-electron chi connectivity index (χ3n) is 3.41. The molecule has 5 nitrogen and oxygen atoms in total. The fourth-order valence-corrected chi connectivity index (χ4v) is 3.09. The molecule has 0 radical (unpaired) electrons. The topological polar surface area (TPSA) is 67.8 Å². The Labute approximate surface area is 150 Å². The molecule has 0 bridgehead atoms. The van der Waals surface area contributed by atoms with Crippen LogP contribution in [0.5, 0.6) is 0 Å². The maximum absolute atomic E-state index is 11.1. The molecule has 6 heteroatoms. The average molecular weight is 350 g/mol. The van der Waals surface area contributed by atoms with E-state index in [9.17, 15) is 4.79 Å². The van der Waals surface area contributed by atoms with Gasteiger partial charge < -0.3 is 5.32 Å². The third kappa shape index (κ3) is 4.64. The van der Waals surface area contributed by atoms with Crippen LogP contribution in [0.1, 0.15) is 19.5 Å². The molecule has 126 valence electrons. The number of nitrogens with one attached hydrogen (secondary N) is 1. The van der Waals surface area contributed by atoms with E-state index in [1.54, 1.807) is 18.0 Å². The normalized spacial score (nSPS) is 10.5. The predicted octanol–water partition coefficient (Wildman–Crippen LogP) is 4.21. The van der Waals surface area contributed by atoms with Crippen LogP contribution in [0, 0.1) is 0 Å².